The third-order valence-corrected chi connectivity index (χ3v) is 10.1. The van der Waals surface area contributed by atoms with Gasteiger partial charge < -0.3 is 29.6 Å². The predicted molar refractivity (Wildman–Crippen MR) is 170 cm³/mol. The summed E-state index contributed by atoms with van der Waals surface area (Å²) in [7, 11) is 0. The van der Waals surface area contributed by atoms with Crippen molar-refractivity contribution in [2.45, 2.75) is 89.2 Å². The van der Waals surface area contributed by atoms with Crippen molar-refractivity contribution < 1.29 is 42.1 Å². The number of fused-ring (bicyclic) bond motifs is 2. The minimum Gasteiger partial charge on any atom is -0.485 e. The number of benzene rings is 3. The number of amides is 2. The van der Waals surface area contributed by atoms with Crippen LogP contribution in [0.3, 0.4) is 0 Å². The van der Waals surface area contributed by atoms with E-state index in [-0.39, 0.29) is 35.3 Å². The fourth-order valence-corrected chi connectivity index (χ4v) is 7.23. The summed E-state index contributed by atoms with van der Waals surface area (Å²) in [6.45, 7) is 5.95. The van der Waals surface area contributed by atoms with E-state index in [1.165, 1.54) is 12.1 Å². The molecule has 0 aromatic heterocycles. The molecule has 2 unspecified atom stereocenters. The van der Waals surface area contributed by atoms with E-state index in [2.05, 4.69) is 20.1 Å². The van der Waals surface area contributed by atoms with Crippen LogP contribution in [0.25, 0.3) is 0 Å². The molecule has 2 aliphatic carbocycles. The number of aryl methyl sites for hydroxylation is 1. The summed E-state index contributed by atoms with van der Waals surface area (Å²) in [5.41, 5.74) is 2.21. The maximum absolute atomic E-state index is 13.9. The van der Waals surface area contributed by atoms with Crippen LogP contribution in [0.5, 0.6) is 17.2 Å². The van der Waals surface area contributed by atoms with Crippen LogP contribution in [0, 0.1) is 12.3 Å². The fraction of sp³-hybridized carbons (Fsp3) is 0.432. The van der Waals surface area contributed by atoms with E-state index in [0.29, 0.717) is 62.0 Å². The van der Waals surface area contributed by atoms with Crippen molar-refractivity contribution in [3.8, 4) is 17.2 Å². The molecular weight excluding hydrogens is 622 g/mol. The molecular formula is C37H38F2N2O7. The highest BCUT2D eigenvalue weighted by Gasteiger charge is 2.53. The largest absolute Gasteiger partial charge is 0.586 e. The van der Waals surface area contributed by atoms with Gasteiger partial charge in [-0.15, -0.1) is 8.78 Å². The van der Waals surface area contributed by atoms with Crippen molar-refractivity contribution in [2.75, 3.05) is 6.61 Å². The smallest absolute Gasteiger partial charge is 0.485 e. The lowest BCUT2D eigenvalue weighted by atomic mass is 9.88. The summed E-state index contributed by atoms with van der Waals surface area (Å²) in [5.74, 6) is -0.178. The number of esters is 1. The number of halogens is 2. The van der Waals surface area contributed by atoms with Crippen LogP contribution in [-0.2, 0) is 19.7 Å². The molecule has 11 heteroatoms. The Bertz CT molecular complexity index is 1790. The van der Waals surface area contributed by atoms with Crippen LogP contribution in [0.1, 0.15) is 97.1 Å². The van der Waals surface area contributed by atoms with Gasteiger partial charge in [0.2, 0.25) is 5.91 Å². The molecule has 2 aliphatic heterocycles. The van der Waals surface area contributed by atoms with Gasteiger partial charge in [-0.3, -0.25) is 14.4 Å². The number of carbonyl (C=O) groups excluding carboxylic acids is 3. The summed E-state index contributed by atoms with van der Waals surface area (Å²) in [6, 6.07) is 17.1. The van der Waals surface area contributed by atoms with Crippen LogP contribution in [0.2, 0.25) is 0 Å². The number of hydrogen-bond donors (Lipinski definition) is 2. The van der Waals surface area contributed by atoms with Gasteiger partial charge in [0.1, 0.15) is 11.9 Å². The van der Waals surface area contributed by atoms with E-state index in [0.717, 1.165) is 16.7 Å². The highest BCUT2D eigenvalue weighted by atomic mass is 19.3. The van der Waals surface area contributed by atoms with Gasteiger partial charge >= 0.3 is 12.3 Å². The highest BCUT2D eigenvalue weighted by Crippen LogP contribution is 2.53. The Labute approximate surface area is 277 Å². The third kappa shape index (κ3) is 5.95. The lowest BCUT2D eigenvalue weighted by Crippen LogP contribution is -2.39. The fourth-order valence-electron chi connectivity index (χ4n) is 7.23. The first-order chi connectivity index (χ1) is 22.9. The number of ether oxygens (including phenoxy) is 4. The van der Waals surface area contributed by atoms with E-state index in [1.807, 2.05) is 50.2 Å². The Kier molecular flexibility index (Phi) is 7.83. The van der Waals surface area contributed by atoms with Crippen molar-refractivity contribution in [3.05, 3.63) is 88.5 Å². The zero-order valence-electron chi connectivity index (χ0n) is 27.1. The Balaban J connectivity index is 1.08. The molecule has 2 heterocycles. The molecule has 0 bridgehead atoms. The maximum Gasteiger partial charge on any atom is 0.586 e. The molecule has 4 aliphatic rings. The average Bonchev–Trinajstić information content (AvgIpc) is 3.69. The molecule has 3 aromatic rings. The molecule has 48 heavy (non-hydrogen) atoms. The number of rotatable bonds is 8. The second kappa shape index (κ2) is 11.8. The molecule has 252 valence electrons. The number of carbonyl (C=O) groups is 3. The maximum atomic E-state index is 13.9. The molecule has 2 amide bonds. The number of nitrogens with one attached hydrogen (secondary N) is 2. The molecule has 4 atom stereocenters. The van der Waals surface area contributed by atoms with Gasteiger partial charge in [-0.1, -0.05) is 30.3 Å². The van der Waals surface area contributed by atoms with Crippen LogP contribution in [-0.4, -0.2) is 36.7 Å². The van der Waals surface area contributed by atoms with Gasteiger partial charge in [-0.25, -0.2) is 0 Å². The van der Waals surface area contributed by atoms with Crippen molar-refractivity contribution in [1.82, 2.24) is 10.6 Å². The standard InChI is InChI=1S/C37H38F2N2O7/c1-4-45-34(44)35(3)13-12-25(20-35)40-32(42)23-7-5-6-22(17-23)29-19-27(26-10-8-21(2)16-30(26)46-29)41-33(43)36(14-15-36)24-9-11-28-31(18-24)48-37(38,39)47-28/h5-11,16-18,25,27,29H,4,12-15,19-20H2,1-3H3,(H,40,42)(H,41,43)/t25?,27-,29-,35?/m1/s1. The zero-order chi connectivity index (χ0) is 33.8. The molecule has 9 nitrogen and oxygen atoms in total. The number of hydrogen-bond acceptors (Lipinski definition) is 7. The van der Waals surface area contributed by atoms with Crippen molar-refractivity contribution in [2.24, 2.45) is 5.41 Å². The Morgan fingerprint density at radius 2 is 1.73 bits per heavy atom. The van der Waals surface area contributed by atoms with Crippen molar-refractivity contribution >= 4 is 17.8 Å². The number of alkyl halides is 2. The first-order valence-electron chi connectivity index (χ1n) is 16.4. The van der Waals surface area contributed by atoms with Gasteiger partial charge in [-0.2, -0.15) is 0 Å². The van der Waals surface area contributed by atoms with E-state index in [9.17, 15) is 23.2 Å². The SMILES string of the molecule is CCOC(=O)C1(C)CCC(NC(=O)c2cccc([C@H]3C[C@@H](NC(=O)C4(c5ccc6c(c5)OC(F)(F)O6)CC4)c4ccc(C)cc4O3)c2)C1. The first kappa shape index (κ1) is 31.9. The molecule has 0 radical (unpaired) electrons. The van der Waals surface area contributed by atoms with E-state index in [1.54, 1.807) is 19.1 Å². The monoisotopic (exact) mass is 660 g/mol. The second-order valence-electron chi connectivity index (χ2n) is 13.6. The van der Waals surface area contributed by atoms with E-state index in [4.69, 9.17) is 9.47 Å². The Hall–Kier alpha value is -4.67. The summed E-state index contributed by atoms with van der Waals surface area (Å²) in [5, 5.41) is 6.33. The highest BCUT2D eigenvalue weighted by molar-refractivity contribution is 5.95. The van der Waals surface area contributed by atoms with Crippen LogP contribution in [0.15, 0.2) is 60.7 Å². The van der Waals surface area contributed by atoms with E-state index >= 15 is 0 Å². The zero-order valence-corrected chi connectivity index (χ0v) is 27.1. The summed E-state index contributed by atoms with van der Waals surface area (Å²) < 4.78 is 48.2. The Morgan fingerprint density at radius 1 is 0.938 bits per heavy atom. The van der Waals surface area contributed by atoms with Crippen LogP contribution in [0.4, 0.5) is 8.78 Å². The van der Waals surface area contributed by atoms with Gasteiger partial charge in [0.05, 0.1) is 23.5 Å². The van der Waals surface area contributed by atoms with Gasteiger partial charge in [0.25, 0.3) is 5.91 Å². The Morgan fingerprint density at radius 3 is 2.50 bits per heavy atom. The topological polar surface area (TPSA) is 112 Å². The lowest BCUT2D eigenvalue weighted by molar-refractivity contribution is -0.286. The molecule has 7 rings (SSSR count). The predicted octanol–water partition coefficient (Wildman–Crippen LogP) is 6.58. The van der Waals surface area contributed by atoms with Gasteiger partial charge in [-0.05, 0) is 99.9 Å². The molecule has 0 saturated heterocycles. The molecule has 2 N–H and O–H groups in total. The van der Waals surface area contributed by atoms with Gasteiger partial charge in [0, 0.05) is 23.6 Å². The van der Waals surface area contributed by atoms with Crippen molar-refractivity contribution in [3.63, 3.8) is 0 Å². The summed E-state index contributed by atoms with van der Waals surface area (Å²) >= 11 is 0. The molecule has 3 aromatic carbocycles. The first-order valence-corrected chi connectivity index (χ1v) is 16.4. The third-order valence-electron chi connectivity index (χ3n) is 10.1. The molecule has 2 saturated carbocycles. The average molecular weight is 661 g/mol. The van der Waals surface area contributed by atoms with Crippen LogP contribution < -0.4 is 24.8 Å². The summed E-state index contributed by atoms with van der Waals surface area (Å²) in [6.07, 6.45) is -0.803. The minimum atomic E-state index is -3.74. The van der Waals surface area contributed by atoms with Crippen LogP contribution >= 0.6 is 0 Å². The minimum absolute atomic E-state index is 0.0640. The normalized spacial score (nSPS) is 25.7. The van der Waals surface area contributed by atoms with Crippen molar-refractivity contribution in [1.29, 1.82) is 0 Å². The lowest BCUT2D eigenvalue weighted by Gasteiger charge is -2.34. The van der Waals surface area contributed by atoms with E-state index < -0.39 is 29.3 Å². The van der Waals surface area contributed by atoms with Gasteiger partial charge in [0.15, 0.2) is 11.5 Å². The quantitative estimate of drug-likeness (QED) is 0.263. The second-order valence-corrected chi connectivity index (χ2v) is 13.6. The molecule has 0 spiro atoms. The summed E-state index contributed by atoms with van der Waals surface area (Å²) in [4.78, 5) is 39.8. The molecule has 2 fully saturated rings.